The molecule has 0 atom stereocenters. The van der Waals surface area contributed by atoms with Crippen molar-refractivity contribution in [1.29, 1.82) is 0 Å². The summed E-state index contributed by atoms with van der Waals surface area (Å²) in [5.74, 6) is 0.298. The largest absolute Gasteiger partial charge is 0.508 e. The molecular formula is C15H15N5O. The van der Waals surface area contributed by atoms with Gasteiger partial charge in [-0.15, -0.1) is 5.10 Å². The zero-order valence-corrected chi connectivity index (χ0v) is 11.6. The van der Waals surface area contributed by atoms with Gasteiger partial charge in [0.25, 0.3) is 0 Å². The summed E-state index contributed by atoms with van der Waals surface area (Å²) in [4.78, 5) is 0. The van der Waals surface area contributed by atoms with E-state index < -0.39 is 0 Å². The highest BCUT2D eigenvalue weighted by molar-refractivity contribution is 5.53. The molecule has 6 nitrogen and oxygen atoms in total. The monoisotopic (exact) mass is 281 g/mol. The third-order valence-electron chi connectivity index (χ3n) is 3.27. The van der Waals surface area contributed by atoms with Gasteiger partial charge in [-0.25, -0.2) is 4.68 Å². The maximum Gasteiger partial charge on any atom is 0.143 e. The standard InChI is InChI=1S/C15H15N5O/c1-11-8-13(6-7-14(11)20-10-17-18-19-20)16-9-12-4-2-3-5-15(12)21/h2-8,10,16,21H,9H2,1H3. The molecule has 0 aliphatic rings. The van der Waals surface area contributed by atoms with Crippen LogP contribution in [0.4, 0.5) is 5.69 Å². The van der Waals surface area contributed by atoms with Crippen LogP contribution in [0.3, 0.4) is 0 Å². The van der Waals surface area contributed by atoms with Crippen LogP contribution in [0.15, 0.2) is 48.8 Å². The predicted molar refractivity (Wildman–Crippen MR) is 79.3 cm³/mol. The summed E-state index contributed by atoms with van der Waals surface area (Å²) in [6, 6.07) is 13.2. The van der Waals surface area contributed by atoms with Crippen LogP contribution in [0.1, 0.15) is 11.1 Å². The molecule has 0 fully saturated rings. The molecule has 1 heterocycles. The van der Waals surface area contributed by atoms with Crippen LogP contribution in [0.2, 0.25) is 0 Å². The molecule has 0 amide bonds. The number of aromatic nitrogens is 4. The number of anilines is 1. The zero-order valence-electron chi connectivity index (χ0n) is 11.6. The molecule has 3 aromatic rings. The number of phenolic OH excluding ortho intramolecular Hbond substituents is 1. The molecule has 0 saturated carbocycles. The number of hydrogen-bond acceptors (Lipinski definition) is 5. The summed E-state index contributed by atoms with van der Waals surface area (Å²) >= 11 is 0. The van der Waals surface area contributed by atoms with Crippen molar-refractivity contribution in [3.8, 4) is 11.4 Å². The number of aromatic hydroxyl groups is 1. The Balaban J connectivity index is 1.76. The fraction of sp³-hybridized carbons (Fsp3) is 0.133. The molecule has 21 heavy (non-hydrogen) atoms. The van der Waals surface area contributed by atoms with E-state index in [1.165, 1.54) is 0 Å². The van der Waals surface area contributed by atoms with Crippen LogP contribution in [0, 0.1) is 6.92 Å². The first kappa shape index (κ1) is 13.1. The van der Waals surface area contributed by atoms with Gasteiger partial charge in [-0.3, -0.25) is 0 Å². The van der Waals surface area contributed by atoms with E-state index in [4.69, 9.17) is 0 Å². The highest BCUT2D eigenvalue weighted by Crippen LogP contribution is 2.20. The number of para-hydroxylation sites is 1. The van der Waals surface area contributed by atoms with Gasteiger partial charge in [0.05, 0.1) is 5.69 Å². The second-order valence-corrected chi connectivity index (χ2v) is 4.74. The number of nitrogens with zero attached hydrogens (tertiary/aromatic N) is 4. The molecule has 3 rings (SSSR count). The minimum Gasteiger partial charge on any atom is -0.508 e. The quantitative estimate of drug-likeness (QED) is 0.767. The van der Waals surface area contributed by atoms with E-state index in [0.717, 1.165) is 22.5 Å². The third-order valence-corrected chi connectivity index (χ3v) is 3.27. The molecule has 1 aromatic heterocycles. The predicted octanol–water partition coefficient (Wildman–Crippen LogP) is 2.29. The van der Waals surface area contributed by atoms with E-state index in [-0.39, 0.29) is 0 Å². The normalized spacial score (nSPS) is 10.5. The van der Waals surface area contributed by atoms with Gasteiger partial charge in [-0.2, -0.15) is 0 Å². The van der Waals surface area contributed by atoms with Crippen molar-refractivity contribution in [1.82, 2.24) is 20.2 Å². The Hall–Kier alpha value is -2.89. The lowest BCUT2D eigenvalue weighted by Gasteiger charge is -2.11. The smallest absolute Gasteiger partial charge is 0.143 e. The number of phenols is 1. The Bertz CT molecular complexity index is 740. The number of benzene rings is 2. The maximum absolute atomic E-state index is 9.75. The second-order valence-electron chi connectivity index (χ2n) is 4.74. The van der Waals surface area contributed by atoms with Crippen molar-refractivity contribution in [2.24, 2.45) is 0 Å². The fourth-order valence-electron chi connectivity index (χ4n) is 2.15. The van der Waals surface area contributed by atoms with Gasteiger partial charge < -0.3 is 10.4 Å². The van der Waals surface area contributed by atoms with Crippen LogP contribution in [0.5, 0.6) is 5.75 Å². The zero-order chi connectivity index (χ0) is 14.7. The molecule has 2 N–H and O–H groups in total. The van der Waals surface area contributed by atoms with Crippen LogP contribution in [-0.2, 0) is 6.54 Å². The lowest BCUT2D eigenvalue weighted by Crippen LogP contribution is -2.02. The first-order chi connectivity index (χ1) is 10.2. The number of aryl methyl sites for hydroxylation is 1. The van der Waals surface area contributed by atoms with Gasteiger partial charge in [0.2, 0.25) is 0 Å². The number of rotatable bonds is 4. The Morgan fingerprint density at radius 2 is 2.05 bits per heavy atom. The summed E-state index contributed by atoms with van der Waals surface area (Å²) in [5.41, 5.74) is 3.84. The van der Waals surface area contributed by atoms with Gasteiger partial charge in [0.15, 0.2) is 0 Å². The van der Waals surface area contributed by atoms with Crippen LogP contribution < -0.4 is 5.32 Å². The molecule has 106 valence electrons. The van der Waals surface area contributed by atoms with E-state index in [9.17, 15) is 5.11 Å². The lowest BCUT2D eigenvalue weighted by molar-refractivity contribution is 0.469. The van der Waals surface area contributed by atoms with E-state index >= 15 is 0 Å². The number of nitrogens with one attached hydrogen (secondary N) is 1. The van der Waals surface area contributed by atoms with Gasteiger partial charge in [0.1, 0.15) is 12.1 Å². The molecule has 0 unspecified atom stereocenters. The third kappa shape index (κ3) is 2.84. The van der Waals surface area contributed by atoms with E-state index in [0.29, 0.717) is 12.3 Å². The molecule has 0 saturated heterocycles. The molecule has 0 radical (unpaired) electrons. The Morgan fingerprint density at radius 3 is 2.76 bits per heavy atom. The van der Waals surface area contributed by atoms with Crippen LogP contribution in [0.25, 0.3) is 5.69 Å². The molecule has 0 aliphatic carbocycles. The molecule has 6 heteroatoms. The highest BCUT2D eigenvalue weighted by Gasteiger charge is 2.04. The van der Waals surface area contributed by atoms with Gasteiger partial charge in [-0.1, -0.05) is 18.2 Å². The van der Waals surface area contributed by atoms with Crippen LogP contribution in [-0.4, -0.2) is 25.3 Å². The molecular weight excluding hydrogens is 266 g/mol. The average Bonchev–Trinajstić information content (AvgIpc) is 3.00. The Labute approximate surface area is 122 Å². The van der Waals surface area contributed by atoms with Gasteiger partial charge >= 0.3 is 0 Å². The van der Waals surface area contributed by atoms with Crippen molar-refractivity contribution in [2.45, 2.75) is 13.5 Å². The molecule has 0 bridgehead atoms. The number of hydrogen-bond donors (Lipinski definition) is 2. The highest BCUT2D eigenvalue weighted by atomic mass is 16.3. The first-order valence-electron chi connectivity index (χ1n) is 6.59. The van der Waals surface area contributed by atoms with Gasteiger partial charge in [0, 0.05) is 17.8 Å². The summed E-state index contributed by atoms with van der Waals surface area (Å²) in [7, 11) is 0. The summed E-state index contributed by atoms with van der Waals surface area (Å²) in [6.45, 7) is 2.57. The minimum atomic E-state index is 0.298. The summed E-state index contributed by atoms with van der Waals surface area (Å²) in [5, 5.41) is 24.2. The van der Waals surface area contributed by atoms with Crippen LogP contribution >= 0.6 is 0 Å². The maximum atomic E-state index is 9.75. The minimum absolute atomic E-state index is 0.298. The first-order valence-corrected chi connectivity index (χ1v) is 6.59. The van der Waals surface area contributed by atoms with Crippen molar-refractivity contribution in [2.75, 3.05) is 5.32 Å². The van der Waals surface area contributed by atoms with Crippen molar-refractivity contribution >= 4 is 5.69 Å². The topological polar surface area (TPSA) is 75.9 Å². The van der Waals surface area contributed by atoms with Crippen molar-refractivity contribution in [3.05, 3.63) is 59.9 Å². The average molecular weight is 281 g/mol. The molecule has 0 spiro atoms. The molecule has 0 aliphatic heterocycles. The molecule has 2 aromatic carbocycles. The lowest BCUT2D eigenvalue weighted by atomic mass is 10.1. The van der Waals surface area contributed by atoms with Crippen molar-refractivity contribution < 1.29 is 5.11 Å². The summed E-state index contributed by atoms with van der Waals surface area (Å²) < 4.78 is 1.63. The van der Waals surface area contributed by atoms with Gasteiger partial charge in [-0.05, 0) is 47.2 Å². The summed E-state index contributed by atoms with van der Waals surface area (Å²) in [6.07, 6.45) is 1.57. The Kier molecular flexibility index (Phi) is 3.51. The van der Waals surface area contributed by atoms with E-state index in [2.05, 4.69) is 20.8 Å². The second kappa shape index (κ2) is 5.62. The fourth-order valence-corrected chi connectivity index (χ4v) is 2.15. The number of tetrazole rings is 1. The van der Waals surface area contributed by atoms with Crippen molar-refractivity contribution in [3.63, 3.8) is 0 Å². The van der Waals surface area contributed by atoms with E-state index in [1.807, 2.05) is 43.3 Å². The Morgan fingerprint density at radius 1 is 1.19 bits per heavy atom. The SMILES string of the molecule is Cc1cc(NCc2ccccc2O)ccc1-n1cnnn1. The van der Waals surface area contributed by atoms with E-state index in [1.54, 1.807) is 17.1 Å².